The van der Waals surface area contributed by atoms with E-state index in [1.807, 2.05) is 0 Å². The van der Waals surface area contributed by atoms with Crippen molar-refractivity contribution in [2.75, 3.05) is 19.6 Å². The first kappa shape index (κ1) is 22.4. The van der Waals surface area contributed by atoms with Crippen molar-refractivity contribution in [3.8, 4) is 0 Å². The molecule has 2 amide bonds. The van der Waals surface area contributed by atoms with E-state index in [0.29, 0.717) is 18.5 Å². The number of amides is 2. The van der Waals surface area contributed by atoms with Gasteiger partial charge in [0.2, 0.25) is 5.91 Å². The fourth-order valence-electron chi connectivity index (χ4n) is 4.12. The zero-order valence-corrected chi connectivity index (χ0v) is 17.4. The van der Waals surface area contributed by atoms with Crippen LogP contribution >= 0.6 is 0 Å². The second kappa shape index (κ2) is 8.83. The highest BCUT2D eigenvalue weighted by atomic mass is 19.2. The van der Waals surface area contributed by atoms with E-state index in [1.54, 1.807) is 25.7 Å². The monoisotopic (exact) mass is 427 g/mol. The minimum atomic E-state index is -1.29. The van der Waals surface area contributed by atoms with Gasteiger partial charge in [0.05, 0.1) is 0 Å². The van der Waals surface area contributed by atoms with Crippen LogP contribution in [0.15, 0.2) is 12.1 Å². The lowest BCUT2D eigenvalue weighted by molar-refractivity contribution is -0.132. The molecular formula is C21H28F3N3O3. The van der Waals surface area contributed by atoms with E-state index in [9.17, 15) is 22.8 Å². The SMILES string of the molecule is CC(C)(C)OC(=O)N[C@@H](CC(=O)N1CCC2CNC[C@H]21)Cc1cc(F)c(F)cc1F. The number of carbonyl (C=O) groups excluding carboxylic acids is 2. The third-order valence-corrected chi connectivity index (χ3v) is 5.46. The maximum atomic E-state index is 14.2. The maximum absolute atomic E-state index is 14.2. The van der Waals surface area contributed by atoms with E-state index in [1.165, 1.54) is 0 Å². The van der Waals surface area contributed by atoms with E-state index in [2.05, 4.69) is 10.6 Å². The van der Waals surface area contributed by atoms with Gasteiger partial charge < -0.3 is 20.3 Å². The molecular weight excluding hydrogens is 399 g/mol. The van der Waals surface area contributed by atoms with Crippen LogP contribution < -0.4 is 10.6 Å². The predicted molar refractivity (Wildman–Crippen MR) is 104 cm³/mol. The molecule has 30 heavy (non-hydrogen) atoms. The number of likely N-dealkylation sites (tertiary alicyclic amines) is 1. The molecule has 0 saturated carbocycles. The first-order valence-electron chi connectivity index (χ1n) is 10.2. The molecule has 3 atom stereocenters. The van der Waals surface area contributed by atoms with Crippen LogP contribution in [0.2, 0.25) is 0 Å². The van der Waals surface area contributed by atoms with Gasteiger partial charge in [0, 0.05) is 44.2 Å². The molecule has 9 heteroatoms. The summed E-state index contributed by atoms with van der Waals surface area (Å²) >= 11 is 0. The molecule has 2 aliphatic heterocycles. The summed E-state index contributed by atoms with van der Waals surface area (Å²) in [6, 6.07) is 0.498. The second-order valence-corrected chi connectivity index (χ2v) is 8.97. The van der Waals surface area contributed by atoms with Gasteiger partial charge in [0.15, 0.2) is 11.6 Å². The summed E-state index contributed by atoms with van der Waals surface area (Å²) in [5, 5.41) is 5.86. The van der Waals surface area contributed by atoms with Gasteiger partial charge in [-0.3, -0.25) is 4.79 Å². The van der Waals surface area contributed by atoms with Crippen molar-refractivity contribution in [1.29, 1.82) is 0 Å². The minimum Gasteiger partial charge on any atom is -0.444 e. The number of nitrogens with one attached hydrogen (secondary N) is 2. The summed E-state index contributed by atoms with van der Waals surface area (Å²) in [6.07, 6.45) is -0.120. The third kappa shape index (κ3) is 5.44. The molecule has 0 radical (unpaired) electrons. The Kier molecular flexibility index (Phi) is 6.59. The van der Waals surface area contributed by atoms with Crippen LogP contribution in [0.4, 0.5) is 18.0 Å². The number of halogens is 3. The number of hydrogen-bond acceptors (Lipinski definition) is 4. The Balaban J connectivity index is 1.74. The Morgan fingerprint density at radius 2 is 1.90 bits per heavy atom. The molecule has 1 unspecified atom stereocenters. The molecule has 2 heterocycles. The highest BCUT2D eigenvalue weighted by Gasteiger charge is 2.40. The zero-order chi connectivity index (χ0) is 22.1. The molecule has 2 aliphatic rings. The fraction of sp³-hybridized carbons (Fsp3) is 0.619. The van der Waals surface area contributed by atoms with Crippen LogP contribution in [0.3, 0.4) is 0 Å². The molecule has 166 valence electrons. The molecule has 2 N–H and O–H groups in total. The number of benzene rings is 1. The Labute approximate surface area is 174 Å². The van der Waals surface area contributed by atoms with Gasteiger partial charge >= 0.3 is 6.09 Å². The van der Waals surface area contributed by atoms with Crippen LogP contribution in [0.5, 0.6) is 0 Å². The summed E-state index contributed by atoms with van der Waals surface area (Å²) in [4.78, 5) is 27.0. The van der Waals surface area contributed by atoms with E-state index in [4.69, 9.17) is 4.74 Å². The van der Waals surface area contributed by atoms with E-state index in [0.717, 1.165) is 25.6 Å². The van der Waals surface area contributed by atoms with Crippen LogP contribution in [0.1, 0.15) is 39.2 Å². The molecule has 0 bridgehead atoms. The number of carbonyl (C=O) groups is 2. The third-order valence-electron chi connectivity index (χ3n) is 5.46. The predicted octanol–water partition coefficient (Wildman–Crippen LogP) is 2.75. The largest absolute Gasteiger partial charge is 0.444 e. The van der Waals surface area contributed by atoms with Crippen molar-refractivity contribution in [3.05, 3.63) is 35.1 Å². The molecule has 0 aliphatic carbocycles. The van der Waals surface area contributed by atoms with Gasteiger partial charge in [-0.1, -0.05) is 0 Å². The lowest BCUT2D eigenvalue weighted by atomic mass is 10.0. The van der Waals surface area contributed by atoms with Gasteiger partial charge in [0.25, 0.3) is 0 Å². The van der Waals surface area contributed by atoms with Crippen LogP contribution in [-0.4, -0.2) is 54.2 Å². The summed E-state index contributed by atoms with van der Waals surface area (Å²) in [7, 11) is 0. The van der Waals surface area contributed by atoms with E-state index < -0.39 is 35.2 Å². The van der Waals surface area contributed by atoms with Crippen LogP contribution in [0, 0.1) is 23.4 Å². The Morgan fingerprint density at radius 3 is 2.60 bits per heavy atom. The molecule has 1 aromatic rings. The Morgan fingerprint density at radius 1 is 1.20 bits per heavy atom. The molecule has 2 saturated heterocycles. The first-order valence-corrected chi connectivity index (χ1v) is 10.2. The lowest BCUT2D eigenvalue weighted by Gasteiger charge is -2.27. The van der Waals surface area contributed by atoms with Crippen molar-refractivity contribution < 1.29 is 27.5 Å². The quantitative estimate of drug-likeness (QED) is 0.709. The molecule has 3 rings (SSSR count). The number of fused-ring (bicyclic) bond motifs is 1. The van der Waals surface area contributed by atoms with E-state index >= 15 is 0 Å². The Bertz CT molecular complexity index is 813. The van der Waals surface area contributed by atoms with Gasteiger partial charge in [0.1, 0.15) is 11.4 Å². The highest BCUT2D eigenvalue weighted by molar-refractivity contribution is 5.78. The highest BCUT2D eigenvalue weighted by Crippen LogP contribution is 2.28. The van der Waals surface area contributed by atoms with Crippen molar-refractivity contribution in [2.45, 2.75) is 57.7 Å². The van der Waals surface area contributed by atoms with Gasteiger partial charge in [-0.25, -0.2) is 18.0 Å². The number of nitrogens with zero attached hydrogens (tertiary/aromatic N) is 1. The number of alkyl carbamates (subject to hydrolysis) is 1. The zero-order valence-electron chi connectivity index (χ0n) is 17.4. The summed E-state index contributed by atoms with van der Waals surface area (Å²) in [5.74, 6) is -3.17. The average Bonchev–Trinajstić information content (AvgIpc) is 3.21. The van der Waals surface area contributed by atoms with E-state index in [-0.39, 0.29) is 30.4 Å². The molecule has 2 fully saturated rings. The standard InChI is InChI=1S/C21H28F3N3O3/c1-21(2,3)30-20(29)26-14(6-13-7-16(23)17(24)9-15(13)22)8-19(28)27-5-4-12-10-25-11-18(12)27/h7,9,12,14,18,25H,4-6,8,10-11H2,1-3H3,(H,26,29)/t12?,14-,18-/m1/s1. The molecule has 0 aromatic heterocycles. The van der Waals surface area contributed by atoms with Gasteiger partial charge in [-0.15, -0.1) is 0 Å². The smallest absolute Gasteiger partial charge is 0.407 e. The normalized spacial score (nSPS) is 22.0. The summed E-state index contributed by atoms with van der Waals surface area (Å²) in [6.45, 7) is 7.30. The number of hydrogen-bond donors (Lipinski definition) is 2. The van der Waals surface area contributed by atoms with Crippen molar-refractivity contribution in [3.63, 3.8) is 0 Å². The molecule has 1 aromatic carbocycles. The number of rotatable bonds is 5. The number of ether oxygens (including phenoxy) is 1. The summed E-state index contributed by atoms with van der Waals surface area (Å²) < 4.78 is 46.3. The van der Waals surface area contributed by atoms with Crippen LogP contribution in [-0.2, 0) is 16.0 Å². The molecule has 6 nitrogen and oxygen atoms in total. The van der Waals surface area contributed by atoms with Crippen molar-refractivity contribution >= 4 is 12.0 Å². The van der Waals surface area contributed by atoms with Crippen molar-refractivity contribution in [2.24, 2.45) is 5.92 Å². The van der Waals surface area contributed by atoms with Gasteiger partial charge in [-0.05, 0) is 51.2 Å². The lowest BCUT2D eigenvalue weighted by Crippen LogP contribution is -2.46. The molecule has 0 spiro atoms. The van der Waals surface area contributed by atoms with Crippen molar-refractivity contribution in [1.82, 2.24) is 15.5 Å². The van der Waals surface area contributed by atoms with Crippen LogP contribution in [0.25, 0.3) is 0 Å². The van der Waals surface area contributed by atoms with Gasteiger partial charge in [-0.2, -0.15) is 0 Å². The maximum Gasteiger partial charge on any atom is 0.407 e. The average molecular weight is 427 g/mol. The second-order valence-electron chi connectivity index (χ2n) is 8.97. The first-order chi connectivity index (χ1) is 14.0. The minimum absolute atomic E-state index is 0.0963. The topological polar surface area (TPSA) is 70.7 Å². The summed E-state index contributed by atoms with van der Waals surface area (Å²) in [5.41, 5.74) is -0.881. The fourth-order valence-corrected chi connectivity index (χ4v) is 4.12. The Hall–Kier alpha value is -2.29.